The largest absolute Gasteiger partial charge is 0.356 e. The van der Waals surface area contributed by atoms with Crippen LogP contribution in [0.4, 0.5) is 10.5 Å². The van der Waals surface area contributed by atoms with Gasteiger partial charge in [-0.05, 0) is 74.0 Å². The number of carbonyl (C=O) groups is 2. The number of anilines is 1. The Morgan fingerprint density at radius 1 is 0.944 bits per heavy atom. The maximum atomic E-state index is 12.4. The van der Waals surface area contributed by atoms with E-state index in [1.165, 1.54) is 0 Å². The Labute approximate surface area is 232 Å². The SMILES string of the molecule is O=C(Nc1ccc(Cl)cc1Cl)N[C@H]1CCN(CCCCCNC(=O)C2CC2c2ccc(Cl)c(Cl)c2)C1. The number of hydrogen-bond acceptors (Lipinski definition) is 3. The van der Waals surface area contributed by atoms with Gasteiger partial charge in [-0.2, -0.15) is 0 Å². The molecule has 0 spiro atoms. The van der Waals surface area contributed by atoms with E-state index in [1.54, 1.807) is 24.3 Å². The number of unbranched alkanes of at least 4 members (excludes halogenated alkanes) is 2. The van der Waals surface area contributed by atoms with Crippen molar-refractivity contribution in [2.75, 3.05) is 31.5 Å². The molecule has 1 aliphatic carbocycles. The Morgan fingerprint density at radius 3 is 2.56 bits per heavy atom. The Hall–Kier alpha value is -1.70. The summed E-state index contributed by atoms with van der Waals surface area (Å²) in [6.45, 7) is 3.47. The second-order valence-corrected chi connectivity index (χ2v) is 11.1. The zero-order valence-electron chi connectivity index (χ0n) is 19.8. The van der Waals surface area contributed by atoms with Crippen molar-refractivity contribution < 1.29 is 9.59 Å². The van der Waals surface area contributed by atoms with Gasteiger partial charge in [0.05, 0.1) is 20.8 Å². The maximum absolute atomic E-state index is 12.4. The Bertz CT molecular complexity index is 1100. The molecule has 1 saturated carbocycles. The van der Waals surface area contributed by atoms with E-state index in [4.69, 9.17) is 46.4 Å². The average Bonchev–Trinajstić information content (AvgIpc) is 3.52. The Morgan fingerprint density at radius 2 is 1.78 bits per heavy atom. The van der Waals surface area contributed by atoms with Crippen molar-refractivity contribution in [1.29, 1.82) is 0 Å². The molecular formula is C26H30Cl4N4O2. The zero-order valence-corrected chi connectivity index (χ0v) is 22.9. The fourth-order valence-corrected chi connectivity index (χ4v) is 5.43. The molecule has 10 heteroatoms. The van der Waals surface area contributed by atoms with Crippen molar-refractivity contribution in [3.05, 3.63) is 62.1 Å². The van der Waals surface area contributed by atoms with Gasteiger partial charge in [0.15, 0.2) is 0 Å². The third-order valence-corrected chi connectivity index (χ3v) is 8.02. The van der Waals surface area contributed by atoms with Gasteiger partial charge in [-0.25, -0.2) is 4.79 Å². The van der Waals surface area contributed by atoms with Crippen LogP contribution in [0.3, 0.4) is 0 Å². The van der Waals surface area contributed by atoms with Crippen LogP contribution in [0.25, 0.3) is 0 Å². The molecule has 2 aromatic carbocycles. The third-order valence-electron chi connectivity index (χ3n) is 6.74. The number of rotatable bonds is 10. The first-order chi connectivity index (χ1) is 17.3. The molecular weight excluding hydrogens is 542 g/mol. The number of carbonyl (C=O) groups excluding carboxylic acids is 2. The number of nitrogens with one attached hydrogen (secondary N) is 3. The molecule has 36 heavy (non-hydrogen) atoms. The van der Waals surface area contributed by atoms with E-state index >= 15 is 0 Å². The molecule has 1 saturated heterocycles. The number of benzene rings is 2. The van der Waals surface area contributed by atoms with Crippen molar-refractivity contribution in [1.82, 2.24) is 15.5 Å². The number of halogens is 4. The molecule has 3 N–H and O–H groups in total. The first kappa shape index (κ1) is 27.3. The van der Waals surface area contributed by atoms with Crippen LogP contribution in [0.1, 0.15) is 43.6 Å². The third kappa shape index (κ3) is 7.65. The van der Waals surface area contributed by atoms with E-state index in [-0.39, 0.29) is 29.8 Å². The van der Waals surface area contributed by atoms with E-state index in [0.717, 1.165) is 57.3 Å². The molecule has 0 bridgehead atoms. The maximum Gasteiger partial charge on any atom is 0.319 e. The van der Waals surface area contributed by atoms with Crippen LogP contribution >= 0.6 is 46.4 Å². The lowest BCUT2D eigenvalue weighted by Gasteiger charge is -2.17. The minimum absolute atomic E-state index is 0.0317. The van der Waals surface area contributed by atoms with Crippen molar-refractivity contribution in [2.24, 2.45) is 5.92 Å². The molecule has 2 unspecified atom stereocenters. The molecule has 194 valence electrons. The van der Waals surface area contributed by atoms with E-state index in [9.17, 15) is 9.59 Å². The number of hydrogen-bond donors (Lipinski definition) is 3. The number of amides is 3. The van der Waals surface area contributed by atoms with Gasteiger partial charge in [-0.15, -0.1) is 0 Å². The second-order valence-electron chi connectivity index (χ2n) is 9.48. The first-order valence-electron chi connectivity index (χ1n) is 12.3. The molecule has 0 radical (unpaired) electrons. The monoisotopic (exact) mass is 570 g/mol. The van der Waals surface area contributed by atoms with Gasteiger partial charge in [-0.1, -0.05) is 58.9 Å². The molecule has 2 fully saturated rings. The van der Waals surface area contributed by atoms with Crippen molar-refractivity contribution in [3.63, 3.8) is 0 Å². The van der Waals surface area contributed by atoms with Gasteiger partial charge < -0.3 is 20.9 Å². The normalized spacial score (nSPS) is 21.3. The summed E-state index contributed by atoms with van der Waals surface area (Å²) in [6.07, 6.45) is 4.84. The van der Waals surface area contributed by atoms with Crippen LogP contribution in [0.2, 0.25) is 20.1 Å². The highest BCUT2D eigenvalue weighted by Gasteiger charge is 2.43. The van der Waals surface area contributed by atoms with Crippen LogP contribution in [0.5, 0.6) is 0 Å². The van der Waals surface area contributed by atoms with Gasteiger partial charge >= 0.3 is 6.03 Å². The molecule has 6 nitrogen and oxygen atoms in total. The average molecular weight is 572 g/mol. The molecule has 1 heterocycles. The van der Waals surface area contributed by atoms with Crippen LogP contribution in [0, 0.1) is 5.92 Å². The fraction of sp³-hybridized carbons (Fsp3) is 0.462. The minimum atomic E-state index is -0.265. The van der Waals surface area contributed by atoms with Crippen LogP contribution in [-0.4, -0.2) is 49.1 Å². The summed E-state index contributed by atoms with van der Waals surface area (Å²) in [5.41, 5.74) is 1.61. The van der Waals surface area contributed by atoms with Crippen LogP contribution in [0.15, 0.2) is 36.4 Å². The molecule has 2 aliphatic rings. The summed E-state index contributed by atoms with van der Waals surface area (Å²) in [7, 11) is 0. The minimum Gasteiger partial charge on any atom is -0.356 e. The summed E-state index contributed by atoms with van der Waals surface area (Å²) in [5.74, 6) is 0.392. The van der Waals surface area contributed by atoms with E-state index in [1.807, 2.05) is 12.1 Å². The van der Waals surface area contributed by atoms with Gasteiger partial charge in [0.1, 0.15) is 0 Å². The molecule has 3 amide bonds. The summed E-state index contributed by atoms with van der Waals surface area (Å²) < 4.78 is 0. The lowest BCUT2D eigenvalue weighted by Crippen LogP contribution is -2.39. The van der Waals surface area contributed by atoms with Crippen LogP contribution in [-0.2, 0) is 4.79 Å². The highest BCUT2D eigenvalue weighted by atomic mass is 35.5. The van der Waals surface area contributed by atoms with Gasteiger partial charge in [-0.3, -0.25) is 4.79 Å². The predicted octanol–water partition coefficient (Wildman–Crippen LogP) is 6.59. The van der Waals surface area contributed by atoms with Gasteiger partial charge in [0, 0.05) is 36.6 Å². The molecule has 2 aromatic rings. The second kappa shape index (κ2) is 12.7. The van der Waals surface area contributed by atoms with E-state index in [0.29, 0.717) is 32.3 Å². The summed E-state index contributed by atoms with van der Waals surface area (Å²) in [6, 6.07) is 10.4. The van der Waals surface area contributed by atoms with Crippen molar-refractivity contribution in [2.45, 2.75) is 44.1 Å². The van der Waals surface area contributed by atoms with E-state index < -0.39 is 0 Å². The smallest absolute Gasteiger partial charge is 0.319 e. The number of nitrogens with zero attached hydrogens (tertiary/aromatic N) is 1. The molecule has 1 aliphatic heterocycles. The zero-order chi connectivity index (χ0) is 25.7. The lowest BCUT2D eigenvalue weighted by molar-refractivity contribution is -0.122. The lowest BCUT2D eigenvalue weighted by atomic mass is 10.1. The number of urea groups is 1. The van der Waals surface area contributed by atoms with E-state index in [2.05, 4.69) is 20.9 Å². The van der Waals surface area contributed by atoms with Gasteiger partial charge in [0.2, 0.25) is 5.91 Å². The fourth-order valence-electron chi connectivity index (χ4n) is 4.66. The quantitative estimate of drug-likeness (QED) is 0.282. The standard InChI is InChI=1S/C26H30Cl4N4O2/c27-17-5-7-24(23(30)13-17)33-26(36)32-18-8-11-34(15-18)10-3-1-2-9-31-25(35)20-14-19(20)16-4-6-21(28)22(29)12-16/h4-7,12-13,18-20H,1-3,8-11,14-15H2,(H,31,35)(H2,32,33,36)/t18-,19?,20?/m0/s1. The predicted molar refractivity (Wildman–Crippen MR) is 148 cm³/mol. The summed E-state index contributed by atoms with van der Waals surface area (Å²) in [4.78, 5) is 27.1. The Balaban J connectivity index is 1.05. The first-order valence-corrected chi connectivity index (χ1v) is 13.8. The van der Waals surface area contributed by atoms with Gasteiger partial charge in [0.25, 0.3) is 0 Å². The Kier molecular flexibility index (Phi) is 9.65. The molecule has 0 aromatic heterocycles. The number of likely N-dealkylation sites (tertiary alicyclic amines) is 1. The topological polar surface area (TPSA) is 73.5 Å². The van der Waals surface area contributed by atoms with Crippen molar-refractivity contribution in [3.8, 4) is 0 Å². The molecule has 3 atom stereocenters. The highest BCUT2D eigenvalue weighted by molar-refractivity contribution is 6.42. The van der Waals surface area contributed by atoms with Crippen molar-refractivity contribution >= 4 is 64.0 Å². The van der Waals surface area contributed by atoms with Crippen LogP contribution < -0.4 is 16.0 Å². The summed E-state index contributed by atoms with van der Waals surface area (Å²) >= 11 is 24.1. The highest BCUT2D eigenvalue weighted by Crippen LogP contribution is 2.48. The molecule has 4 rings (SSSR count). The summed E-state index contributed by atoms with van der Waals surface area (Å²) in [5, 5.41) is 10.9.